The Morgan fingerprint density at radius 3 is 2.90 bits per heavy atom. The molecule has 1 aromatic carbocycles. The van der Waals surface area contributed by atoms with Gasteiger partial charge >= 0.3 is 0 Å². The summed E-state index contributed by atoms with van der Waals surface area (Å²) in [7, 11) is 0. The normalized spacial score (nSPS) is 21.7. The van der Waals surface area contributed by atoms with Gasteiger partial charge in [-0.1, -0.05) is 24.6 Å². The summed E-state index contributed by atoms with van der Waals surface area (Å²) in [6.07, 6.45) is 3.01. The molecule has 110 valence electrons. The van der Waals surface area contributed by atoms with Crippen molar-refractivity contribution >= 4 is 5.91 Å². The lowest BCUT2D eigenvalue weighted by atomic mass is 10.1. The molecule has 4 nitrogen and oxygen atoms in total. The van der Waals surface area contributed by atoms with Crippen molar-refractivity contribution in [3.8, 4) is 5.75 Å². The predicted molar refractivity (Wildman–Crippen MR) is 77.6 cm³/mol. The molecule has 0 aliphatic heterocycles. The molecule has 0 spiro atoms. The van der Waals surface area contributed by atoms with E-state index in [2.05, 4.69) is 5.32 Å². The fourth-order valence-corrected chi connectivity index (χ4v) is 2.56. The molecule has 1 aliphatic rings. The van der Waals surface area contributed by atoms with Gasteiger partial charge in [0.15, 0.2) is 0 Å². The SMILES string of the molecule is Cc1ccccc1OCCC(=O)NCC1CCCC1O. The standard InChI is InChI=1S/C16H23NO3/c1-12-5-2-3-8-15(12)20-10-9-16(19)17-11-13-6-4-7-14(13)18/h2-3,5,8,13-14,18H,4,6-7,9-11H2,1H3,(H,17,19). The first-order valence-corrected chi connectivity index (χ1v) is 7.30. The number of carbonyl (C=O) groups is 1. The van der Waals surface area contributed by atoms with Crippen molar-refractivity contribution in [2.24, 2.45) is 5.92 Å². The van der Waals surface area contributed by atoms with E-state index in [1.54, 1.807) is 0 Å². The van der Waals surface area contributed by atoms with Crippen molar-refractivity contribution in [3.05, 3.63) is 29.8 Å². The third kappa shape index (κ3) is 4.23. The maximum absolute atomic E-state index is 11.7. The van der Waals surface area contributed by atoms with Gasteiger partial charge in [0.2, 0.25) is 5.91 Å². The first kappa shape index (κ1) is 14.9. The van der Waals surface area contributed by atoms with Crippen molar-refractivity contribution in [3.63, 3.8) is 0 Å². The van der Waals surface area contributed by atoms with Crippen LogP contribution in [-0.2, 0) is 4.79 Å². The minimum Gasteiger partial charge on any atom is -0.493 e. The van der Waals surface area contributed by atoms with Crippen LogP contribution >= 0.6 is 0 Å². The van der Waals surface area contributed by atoms with Crippen LogP contribution in [0, 0.1) is 12.8 Å². The van der Waals surface area contributed by atoms with Gasteiger partial charge < -0.3 is 15.2 Å². The number of carbonyl (C=O) groups excluding carboxylic acids is 1. The highest BCUT2D eigenvalue weighted by Gasteiger charge is 2.25. The van der Waals surface area contributed by atoms with E-state index in [9.17, 15) is 9.90 Å². The van der Waals surface area contributed by atoms with Crippen molar-refractivity contribution in [1.82, 2.24) is 5.32 Å². The Morgan fingerprint density at radius 2 is 2.20 bits per heavy atom. The molecule has 1 fully saturated rings. The minimum atomic E-state index is -0.251. The highest BCUT2D eigenvalue weighted by Crippen LogP contribution is 2.24. The molecule has 2 unspecified atom stereocenters. The average molecular weight is 277 g/mol. The van der Waals surface area contributed by atoms with Crippen LogP contribution in [0.25, 0.3) is 0 Å². The molecule has 1 aliphatic carbocycles. The van der Waals surface area contributed by atoms with Gasteiger partial charge in [-0.15, -0.1) is 0 Å². The number of aryl methyl sites for hydroxylation is 1. The van der Waals surface area contributed by atoms with Crippen molar-refractivity contribution in [2.75, 3.05) is 13.2 Å². The highest BCUT2D eigenvalue weighted by molar-refractivity contribution is 5.76. The zero-order valence-corrected chi connectivity index (χ0v) is 12.0. The molecule has 0 radical (unpaired) electrons. The van der Waals surface area contributed by atoms with Crippen LogP contribution in [-0.4, -0.2) is 30.3 Å². The summed E-state index contributed by atoms with van der Waals surface area (Å²) < 4.78 is 5.59. The van der Waals surface area contributed by atoms with Gasteiger partial charge in [-0.05, 0) is 31.4 Å². The van der Waals surface area contributed by atoms with Gasteiger partial charge in [0, 0.05) is 12.5 Å². The quantitative estimate of drug-likeness (QED) is 0.836. The molecule has 0 heterocycles. The second-order valence-corrected chi connectivity index (χ2v) is 5.43. The monoisotopic (exact) mass is 277 g/mol. The first-order chi connectivity index (χ1) is 9.66. The number of ether oxygens (including phenoxy) is 1. The summed E-state index contributed by atoms with van der Waals surface area (Å²) in [6, 6.07) is 7.77. The van der Waals surface area contributed by atoms with E-state index in [4.69, 9.17) is 4.74 Å². The molecule has 2 rings (SSSR count). The maximum atomic E-state index is 11.7. The lowest BCUT2D eigenvalue weighted by Crippen LogP contribution is -2.33. The average Bonchev–Trinajstić information content (AvgIpc) is 2.84. The number of aliphatic hydroxyl groups is 1. The van der Waals surface area contributed by atoms with Crippen LogP contribution in [0.1, 0.15) is 31.2 Å². The predicted octanol–water partition coefficient (Wildman–Crippen LogP) is 2.04. The molecular formula is C16H23NO3. The lowest BCUT2D eigenvalue weighted by Gasteiger charge is -2.15. The molecule has 4 heteroatoms. The summed E-state index contributed by atoms with van der Waals surface area (Å²) >= 11 is 0. The van der Waals surface area contributed by atoms with Crippen LogP contribution in [0.2, 0.25) is 0 Å². The van der Waals surface area contributed by atoms with E-state index in [1.165, 1.54) is 0 Å². The summed E-state index contributed by atoms with van der Waals surface area (Å²) in [4.78, 5) is 11.7. The van der Waals surface area contributed by atoms with E-state index in [-0.39, 0.29) is 17.9 Å². The fraction of sp³-hybridized carbons (Fsp3) is 0.562. The summed E-state index contributed by atoms with van der Waals surface area (Å²) in [5.74, 6) is 1.03. The largest absolute Gasteiger partial charge is 0.493 e. The molecule has 1 amide bonds. The number of aliphatic hydroxyl groups excluding tert-OH is 1. The zero-order valence-electron chi connectivity index (χ0n) is 12.0. The van der Waals surface area contributed by atoms with E-state index >= 15 is 0 Å². The van der Waals surface area contributed by atoms with Crippen molar-refractivity contribution in [1.29, 1.82) is 0 Å². The Kier molecular flexibility index (Phi) is 5.41. The van der Waals surface area contributed by atoms with Crippen LogP contribution in [0.15, 0.2) is 24.3 Å². The zero-order chi connectivity index (χ0) is 14.4. The molecular weight excluding hydrogens is 254 g/mol. The molecule has 2 N–H and O–H groups in total. The summed E-state index contributed by atoms with van der Waals surface area (Å²) in [6.45, 7) is 2.94. The summed E-state index contributed by atoms with van der Waals surface area (Å²) in [5.41, 5.74) is 1.07. The number of hydrogen-bond donors (Lipinski definition) is 2. The van der Waals surface area contributed by atoms with Gasteiger partial charge in [0.05, 0.1) is 19.1 Å². The van der Waals surface area contributed by atoms with E-state index < -0.39 is 0 Å². The van der Waals surface area contributed by atoms with Gasteiger partial charge in [0.25, 0.3) is 0 Å². The van der Waals surface area contributed by atoms with Crippen molar-refractivity contribution < 1.29 is 14.6 Å². The molecule has 1 saturated carbocycles. The lowest BCUT2D eigenvalue weighted by molar-refractivity contribution is -0.121. The van der Waals surface area contributed by atoms with Gasteiger partial charge in [-0.25, -0.2) is 0 Å². The highest BCUT2D eigenvalue weighted by atomic mass is 16.5. The smallest absolute Gasteiger partial charge is 0.223 e. The Balaban J connectivity index is 1.64. The van der Waals surface area contributed by atoms with Crippen LogP contribution < -0.4 is 10.1 Å². The second kappa shape index (κ2) is 7.29. The third-order valence-corrected chi connectivity index (χ3v) is 3.86. The first-order valence-electron chi connectivity index (χ1n) is 7.30. The Hall–Kier alpha value is -1.55. The van der Waals surface area contributed by atoms with Crippen LogP contribution in [0.4, 0.5) is 0 Å². The molecule has 0 bridgehead atoms. The van der Waals surface area contributed by atoms with Gasteiger partial charge in [-0.3, -0.25) is 4.79 Å². The summed E-state index contributed by atoms with van der Waals surface area (Å²) in [5, 5.41) is 12.6. The Bertz CT molecular complexity index is 447. The minimum absolute atomic E-state index is 0.0160. The number of nitrogens with one attached hydrogen (secondary N) is 1. The number of amides is 1. The number of para-hydroxylation sites is 1. The van der Waals surface area contributed by atoms with Gasteiger partial charge in [-0.2, -0.15) is 0 Å². The molecule has 2 atom stereocenters. The Morgan fingerprint density at radius 1 is 1.40 bits per heavy atom. The van der Waals surface area contributed by atoms with Crippen molar-refractivity contribution in [2.45, 2.75) is 38.7 Å². The molecule has 20 heavy (non-hydrogen) atoms. The van der Waals surface area contributed by atoms with E-state index in [0.717, 1.165) is 30.6 Å². The molecule has 0 saturated heterocycles. The van der Waals surface area contributed by atoms with Gasteiger partial charge in [0.1, 0.15) is 5.75 Å². The number of benzene rings is 1. The fourth-order valence-electron chi connectivity index (χ4n) is 2.56. The van der Waals surface area contributed by atoms with E-state index in [1.807, 2.05) is 31.2 Å². The Labute approximate surface area is 120 Å². The number of rotatable bonds is 6. The number of hydrogen-bond acceptors (Lipinski definition) is 3. The van der Waals surface area contributed by atoms with Crippen LogP contribution in [0.5, 0.6) is 5.75 Å². The molecule has 1 aromatic rings. The third-order valence-electron chi connectivity index (χ3n) is 3.86. The second-order valence-electron chi connectivity index (χ2n) is 5.43. The van der Waals surface area contributed by atoms with Crippen LogP contribution in [0.3, 0.4) is 0 Å². The maximum Gasteiger partial charge on any atom is 0.223 e. The van der Waals surface area contributed by atoms with E-state index in [0.29, 0.717) is 19.6 Å². The molecule has 0 aromatic heterocycles. The topological polar surface area (TPSA) is 58.6 Å².